The van der Waals surface area contributed by atoms with Gasteiger partial charge in [0.1, 0.15) is 5.75 Å². The molecule has 1 fully saturated rings. The van der Waals surface area contributed by atoms with E-state index < -0.39 is 0 Å². The molecular weight excluding hydrogens is 314 g/mol. The Labute approximate surface area is 148 Å². The lowest BCUT2D eigenvalue weighted by Gasteiger charge is -2.40. The van der Waals surface area contributed by atoms with Crippen molar-refractivity contribution in [3.05, 3.63) is 48.5 Å². The summed E-state index contributed by atoms with van der Waals surface area (Å²) >= 11 is 0. The van der Waals surface area contributed by atoms with Crippen LogP contribution in [0.25, 0.3) is 0 Å². The Bertz CT molecular complexity index is 777. The zero-order valence-corrected chi connectivity index (χ0v) is 14.4. The molecule has 2 aromatic rings. The fraction of sp³-hybridized carbons (Fsp3) is 0.350. The Kier molecular flexibility index (Phi) is 4.22. The summed E-state index contributed by atoms with van der Waals surface area (Å²) in [4.78, 5) is 17.3. The van der Waals surface area contributed by atoms with E-state index in [1.165, 1.54) is 6.42 Å². The van der Waals surface area contributed by atoms with Crippen molar-refractivity contribution < 1.29 is 9.53 Å². The van der Waals surface area contributed by atoms with Crippen LogP contribution in [0.5, 0.6) is 5.75 Å². The lowest BCUT2D eigenvalue weighted by atomic mass is 10.1. The minimum absolute atomic E-state index is 0.105. The zero-order chi connectivity index (χ0) is 17.2. The van der Waals surface area contributed by atoms with Gasteiger partial charge in [0.2, 0.25) is 0 Å². The van der Waals surface area contributed by atoms with Gasteiger partial charge in [-0.2, -0.15) is 0 Å². The van der Waals surface area contributed by atoms with Crippen molar-refractivity contribution in [2.24, 2.45) is 0 Å². The average molecular weight is 337 g/mol. The molecule has 1 atom stereocenters. The second-order valence-electron chi connectivity index (χ2n) is 6.45. The van der Waals surface area contributed by atoms with Gasteiger partial charge in [0.15, 0.2) is 0 Å². The summed E-state index contributed by atoms with van der Waals surface area (Å²) in [5, 5.41) is 3.03. The molecule has 5 heteroatoms. The predicted octanol–water partition coefficient (Wildman–Crippen LogP) is 4.11. The Morgan fingerprint density at radius 1 is 1.16 bits per heavy atom. The van der Waals surface area contributed by atoms with E-state index in [1.807, 2.05) is 54.3 Å². The number of ether oxygens (including phenoxy) is 1. The highest BCUT2D eigenvalue weighted by molar-refractivity contribution is 6.05. The topological polar surface area (TPSA) is 44.8 Å². The summed E-state index contributed by atoms with van der Waals surface area (Å²) in [5.41, 5.74) is 2.84. The molecule has 2 heterocycles. The number of carbonyl (C=O) groups excluding carboxylic acids is 1. The molecule has 2 amide bonds. The maximum atomic E-state index is 13.0. The summed E-state index contributed by atoms with van der Waals surface area (Å²) in [5.74, 6) is 0.700. The second kappa shape index (κ2) is 6.67. The van der Waals surface area contributed by atoms with Gasteiger partial charge in [0.05, 0.1) is 23.7 Å². The summed E-state index contributed by atoms with van der Waals surface area (Å²) in [6.45, 7) is 4.30. The first-order chi connectivity index (χ1) is 12.3. The number of para-hydroxylation sites is 4. The highest BCUT2D eigenvalue weighted by Crippen LogP contribution is 2.39. The number of urea groups is 1. The van der Waals surface area contributed by atoms with Crippen LogP contribution in [0.2, 0.25) is 0 Å². The normalized spacial score (nSPS) is 18.5. The molecule has 2 aliphatic heterocycles. The van der Waals surface area contributed by atoms with Gasteiger partial charge in [-0.3, -0.25) is 4.90 Å². The molecule has 2 aromatic carbocycles. The van der Waals surface area contributed by atoms with Crippen LogP contribution in [0.4, 0.5) is 21.9 Å². The van der Waals surface area contributed by atoms with Crippen molar-refractivity contribution in [2.75, 3.05) is 34.8 Å². The van der Waals surface area contributed by atoms with Gasteiger partial charge in [-0.05, 0) is 44.0 Å². The third-order valence-corrected chi connectivity index (χ3v) is 4.93. The van der Waals surface area contributed by atoms with Crippen LogP contribution in [0.15, 0.2) is 48.5 Å². The van der Waals surface area contributed by atoms with Crippen LogP contribution < -0.4 is 19.9 Å². The lowest BCUT2D eigenvalue weighted by molar-refractivity contribution is 0.256. The summed E-state index contributed by atoms with van der Waals surface area (Å²) in [6, 6.07) is 16.0. The number of amides is 2. The minimum Gasteiger partial charge on any atom is -0.492 e. The molecule has 1 N–H and O–H groups in total. The number of benzene rings is 2. The second-order valence-corrected chi connectivity index (χ2v) is 6.45. The van der Waals surface area contributed by atoms with E-state index in [2.05, 4.69) is 16.3 Å². The van der Waals surface area contributed by atoms with Gasteiger partial charge < -0.3 is 15.0 Å². The number of nitrogens with zero attached hydrogens (tertiary/aromatic N) is 2. The molecule has 0 bridgehead atoms. The van der Waals surface area contributed by atoms with Gasteiger partial charge in [-0.15, -0.1) is 0 Å². The first kappa shape index (κ1) is 15.8. The molecule has 0 aliphatic carbocycles. The lowest BCUT2D eigenvalue weighted by Crippen LogP contribution is -2.49. The molecule has 0 radical (unpaired) electrons. The standard InChI is InChI=1S/C20H23N3O2/c1-2-25-19-12-6-3-9-16(19)21-20(24)23-14-15-8-7-13-22(15)17-10-4-5-11-18(17)23/h3-6,9-12,15H,2,7-8,13-14H2,1H3,(H,21,24). The van der Waals surface area contributed by atoms with Gasteiger partial charge in [-0.25, -0.2) is 4.79 Å². The Hall–Kier alpha value is -2.69. The van der Waals surface area contributed by atoms with Crippen LogP contribution >= 0.6 is 0 Å². The Morgan fingerprint density at radius 2 is 1.92 bits per heavy atom. The first-order valence-corrected chi connectivity index (χ1v) is 8.94. The quantitative estimate of drug-likeness (QED) is 0.917. The molecular formula is C20H23N3O2. The summed E-state index contributed by atoms with van der Waals surface area (Å²) < 4.78 is 5.62. The van der Waals surface area contributed by atoms with E-state index in [4.69, 9.17) is 4.74 Å². The van der Waals surface area contributed by atoms with Crippen LogP contribution in [0, 0.1) is 0 Å². The van der Waals surface area contributed by atoms with E-state index in [0.29, 0.717) is 24.1 Å². The largest absolute Gasteiger partial charge is 0.492 e. The molecule has 1 unspecified atom stereocenters. The highest BCUT2D eigenvalue weighted by Gasteiger charge is 2.36. The van der Waals surface area contributed by atoms with Crippen molar-refractivity contribution in [1.29, 1.82) is 0 Å². The number of carbonyl (C=O) groups is 1. The highest BCUT2D eigenvalue weighted by atomic mass is 16.5. The molecule has 130 valence electrons. The average Bonchev–Trinajstić information content (AvgIpc) is 3.12. The fourth-order valence-electron chi connectivity index (χ4n) is 3.81. The number of anilines is 3. The Balaban J connectivity index is 1.61. The summed E-state index contributed by atoms with van der Waals surface area (Å²) in [6.07, 6.45) is 2.31. The number of hydrogen-bond donors (Lipinski definition) is 1. The minimum atomic E-state index is -0.105. The molecule has 1 saturated heterocycles. The number of nitrogens with one attached hydrogen (secondary N) is 1. The van der Waals surface area contributed by atoms with Crippen LogP contribution in [0.3, 0.4) is 0 Å². The monoisotopic (exact) mass is 337 g/mol. The van der Waals surface area contributed by atoms with E-state index in [9.17, 15) is 4.79 Å². The third-order valence-electron chi connectivity index (χ3n) is 4.93. The smallest absolute Gasteiger partial charge is 0.326 e. The van der Waals surface area contributed by atoms with Gasteiger partial charge in [-0.1, -0.05) is 24.3 Å². The molecule has 0 aromatic heterocycles. The SMILES string of the molecule is CCOc1ccccc1NC(=O)N1CC2CCCN2c2ccccc21. The fourth-order valence-corrected chi connectivity index (χ4v) is 3.81. The molecule has 4 rings (SSSR count). The zero-order valence-electron chi connectivity index (χ0n) is 14.4. The van der Waals surface area contributed by atoms with Gasteiger partial charge >= 0.3 is 6.03 Å². The van der Waals surface area contributed by atoms with Gasteiger partial charge in [0.25, 0.3) is 0 Å². The van der Waals surface area contributed by atoms with Gasteiger partial charge in [0, 0.05) is 19.1 Å². The third kappa shape index (κ3) is 2.90. The van der Waals surface area contributed by atoms with Crippen molar-refractivity contribution in [2.45, 2.75) is 25.8 Å². The molecule has 2 aliphatic rings. The first-order valence-electron chi connectivity index (χ1n) is 8.94. The predicted molar refractivity (Wildman–Crippen MR) is 101 cm³/mol. The van der Waals surface area contributed by atoms with E-state index in [-0.39, 0.29) is 6.03 Å². The van der Waals surface area contributed by atoms with E-state index in [0.717, 1.165) is 30.9 Å². The van der Waals surface area contributed by atoms with Crippen LogP contribution in [-0.4, -0.2) is 31.8 Å². The van der Waals surface area contributed by atoms with Crippen molar-refractivity contribution in [1.82, 2.24) is 0 Å². The Morgan fingerprint density at radius 3 is 2.76 bits per heavy atom. The number of fused-ring (bicyclic) bond motifs is 3. The van der Waals surface area contributed by atoms with E-state index >= 15 is 0 Å². The molecule has 5 nitrogen and oxygen atoms in total. The number of hydrogen-bond acceptors (Lipinski definition) is 3. The van der Waals surface area contributed by atoms with Crippen molar-refractivity contribution in [3.8, 4) is 5.75 Å². The van der Waals surface area contributed by atoms with Crippen LogP contribution in [0.1, 0.15) is 19.8 Å². The van der Waals surface area contributed by atoms with Crippen LogP contribution in [-0.2, 0) is 0 Å². The summed E-state index contributed by atoms with van der Waals surface area (Å²) in [7, 11) is 0. The van der Waals surface area contributed by atoms with Crippen molar-refractivity contribution in [3.63, 3.8) is 0 Å². The number of rotatable bonds is 3. The molecule has 25 heavy (non-hydrogen) atoms. The maximum Gasteiger partial charge on any atom is 0.326 e. The van der Waals surface area contributed by atoms with Crippen molar-refractivity contribution >= 4 is 23.1 Å². The molecule has 0 spiro atoms. The maximum absolute atomic E-state index is 13.0. The van der Waals surface area contributed by atoms with E-state index in [1.54, 1.807) is 0 Å². The molecule has 0 saturated carbocycles.